The fraction of sp³-hybridized carbons (Fsp3) is 0.350. The van der Waals surface area contributed by atoms with Gasteiger partial charge in [0.25, 0.3) is 5.91 Å². The van der Waals surface area contributed by atoms with E-state index >= 15 is 0 Å². The van der Waals surface area contributed by atoms with Crippen molar-refractivity contribution in [3.63, 3.8) is 0 Å². The van der Waals surface area contributed by atoms with Crippen LogP contribution in [0.1, 0.15) is 57.6 Å². The quantitative estimate of drug-likeness (QED) is 0.729. The molecule has 27 heavy (non-hydrogen) atoms. The van der Waals surface area contributed by atoms with Gasteiger partial charge in [0.2, 0.25) is 0 Å². The van der Waals surface area contributed by atoms with Crippen molar-refractivity contribution in [2.75, 3.05) is 13.2 Å². The van der Waals surface area contributed by atoms with Gasteiger partial charge < -0.3 is 19.8 Å². The summed E-state index contributed by atoms with van der Waals surface area (Å²) in [6.45, 7) is 6.68. The van der Waals surface area contributed by atoms with Crippen molar-refractivity contribution in [3.8, 4) is 0 Å². The Kier molecular flexibility index (Phi) is 6.76. The Labute approximate surface area is 158 Å². The fourth-order valence-electron chi connectivity index (χ4n) is 2.78. The number of carbonyl (C=O) groups is 3. The zero-order chi connectivity index (χ0) is 20.0. The van der Waals surface area contributed by atoms with Gasteiger partial charge >= 0.3 is 11.9 Å². The SMILES string of the molecule is CCOC(=O)c1c(C)[nH]c(C(=O)OCC(=O)N[C@@H](C)c2ccccc2)c1C. The second-order valence-corrected chi connectivity index (χ2v) is 6.12. The topological polar surface area (TPSA) is 97.5 Å². The van der Waals surface area contributed by atoms with Crippen LogP contribution in [0.2, 0.25) is 0 Å². The van der Waals surface area contributed by atoms with Gasteiger partial charge in [0.15, 0.2) is 6.61 Å². The third kappa shape index (κ3) is 4.97. The van der Waals surface area contributed by atoms with E-state index in [2.05, 4.69) is 10.3 Å². The molecule has 1 aromatic heterocycles. The molecule has 7 heteroatoms. The minimum Gasteiger partial charge on any atom is -0.462 e. The molecule has 0 saturated carbocycles. The zero-order valence-electron chi connectivity index (χ0n) is 15.9. The van der Waals surface area contributed by atoms with E-state index in [4.69, 9.17) is 9.47 Å². The van der Waals surface area contributed by atoms with Crippen LogP contribution in [-0.2, 0) is 14.3 Å². The predicted octanol–water partition coefficient (Wildman–Crippen LogP) is 2.84. The number of nitrogens with one attached hydrogen (secondary N) is 2. The number of amides is 1. The van der Waals surface area contributed by atoms with Crippen LogP contribution in [0.5, 0.6) is 0 Å². The van der Waals surface area contributed by atoms with Crippen LogP contribution in [0.4, 0.5) is 0 Å². The molecule has 0 bridgehead atoms. The molecule has 0 aliphatic rings. The van der Waals surface area contributed by atoms with E-state index in [0.29, 0.717) is 16.8 Å². The third-order valence-electron chi connectivity index (χ3n) is 4.13. The highest BCUT2D eigenvalue weighted by molar-refractivity contribution is 5.99. The Hall–Kier alpha value is -3.09. The van der Waals surface area contributed by atoms with Gasteiger partial charge in [-0.2, -0.15) is 0 Å². The smallest absolute Gasteiger partial charge is 0.355 e. The summed E-state index contributed by atoms with van der Waals surface area (Å²) in [6, 6.07) is 9.26. The predicted molar refractivity (Wildman–Crippen MR) is 99.5 cm³/mol. The minimum absolute atomic E-state index is 0.138. The lowest BCUT2D eigenvalue weighted by molar-refractivity contribution is -0.124. The Balaban J connectivity index is 1.96. The standard InChI is InChI=1S/C20H24N2O5/c1-5-26-19(24)17-12(2)18(22-14(17)4)20(25)27-11-16(23)21-13(3)15-9-7-6-8-10-15/h6-10,13,22H,5,11H2,1-4H3,(H,21,23)/t13-/m0/s1. The van der Waals surface area contributed by atoms with Crippen molar-refractivity contribution in [2.24, 2.45) is 0 Å². The minimum atomic E-state index is -0.700. The van der Waals surface area contributed by atoms with Crippen LogP contribution in [0, 0.1) is 13.8 Å². The van der Waals surface area contributed by atoms with Crippen LogP contribution in [-0.4, -0.2) is 36.0 Å². The average Bonchev–Trinajstić information content (AvgIpc) is 2.95. The first-order valence-electron chi connectivity index (χ1n) is 8.72. The molecule has 0 radical (unpaired) electrons. The summed E-state index contributed by atoms with van der Waals surface area (Å²) < 4.78 is 10.1. The normalized spacial score (nSPS) is 11.6. The van der Waals surface area contributed by atoms with E-state index < -0.39 is 24.5 Å². The first kappa shape index (κ1) is 20.2. The molecule has 144 valence electrons. The number of hydrogen-bond donors (Lipinski definition) is 2. The molecular formula is C20H24N2O5. The van der Waals surface area contributed by atoms with E-state index in [1.807, 2.05) is 37.3 Å². The molecule has 0 aliphatic heterocycles. The van der Waals surface area contributed by atoms with Crippen LogP contribution >= 0.6 is 0 Å². The molecule has 1 atom stereocenters. The number of carbonyl (C=O) groups excluding carboxylic acids is 3. The summed E-state index contributed by atoms with van der Waals surface area (Å²) in [5.74, 6) is -1.61. The second-order valence-electron chi connectivity index (χ2n) is 6.12. The number of H-pyrrole nitrogens is 1. The highest BCUT2D eigenvalue weighted by Gasteiger charge is 2.24. The molecule has 0 fully saturated rings. The van der Waals surface area contributed by atoms with Gasteiger partial charge in [-0.15, -0.1) is 0 Å². The molecule has 0 aliphatic carbocycles. The van der Waals surface area contributed by atoms with Crippen molar-refractivity contribution in [1.29, 1.82) is 0 Å². The van der Waals surface area contributed by atoms with E-state index in [1.165, 1.54) is 0 Å². The largest absolute Gasteiger partial charge is 0.462 e. The highest BCUT2D eigenvalue weighted by Crippen LogP contribution is 2.20. The highest BCUT2D eigenvalue weighted by atomic mass is 16.5. The Morgan fingerprint density at radius 2 is 1.74 bits per heavy atom. The lowest BCUT2D eigenvalue weighted by atomic mass is 10.1. The van der Waals surface area contributed by atoms with Gasteiger partial charge in [0.1, 0.15) is 5.69 Å². The lowest BCUT2D eigenvalue weighted by Crippen LogP contribution is -2.31. The number of aromatic nitrogens is 1. The molecule has 1 heterocycles. The van der Waals surface area contributed by atoms with Crippen molar-refractivity contribution >= 4 is 17.8 Å². The van der Waals surface area contributed by atoms with Crippen LogP contribution in [0.25, 0.3) is 0 Å². The van der Waals surface area contributed by atoms with Crippen LogP contribution < -0.4 is 5.32 Å². The number of esters is 2. The first-order chi connectivity index (χ1) is 12.8. The van der Waals surface area contributed by atoms with E-state index in [1.54, 1.807) is 20.8 Å². The number of rotatable bonds is 7. The summed E-state index contributed by atoms with van der Waals surface area (Å²) in [5, 5.41) is 2.77. The molecule has 1 amide bonds. The average molecular weight is 372 g/mol. The monoisotopic (exact) mass is 372 g/mol. The number of hydrogen-bond acceptors (Lipinski definition) is 5. The molecular weight excluding hydrogens is 348 g/mol. The molecule has 1 aromatic carbocycles. The lowest BCUT2D eigenvalue weighted by Gasteiger charge is -2.14. The summed E-state index contributed by atoms with van der Waals surface area (Å²) >= 11 is 0. The van der Waals surface area contributed by atoms with Crippen LogP contribution in [0.15, 0.2) is 30.3 Å². The number of benzene rings is 1. The van der Waals surface area contributed by atoms with Gasteiger partial charge in [0.05, 0.1) is 18.2 Å². The Morgan fingerprint density at radius 3 is 2.37 bits per heavy atom. The Bertz CT molecular complexity index is 826. The zero-order valence-corrected chi connectivity index (χ0v) is 15.9. The summed E-state index contributed by atoms with van der Waals surface area (Å²) in [4.78, 5) is 39.1. The maximum absolute atomic E-state index is 12.3. The van der Waals surface area contributed by atoms with Crippen molar-refractivity contribution in [1.82, 2.24) is 10.3 Å². The van der Waals surface area contributed by atoms with Gasteiger partial charge in [0, 0.05) is 5.69 Å². The summed E-state index contributed by atoms with van der Waals surface area (Å²) in [6.07, 6.45) is 0. The van der Waals surface area contributed by atoms with Crippen molar-refractivity contribution in [2.45, 2.75) is 33.7 Å². The van der Waals surface area contributed by atoms with Crippen molar-refractivity contribution in [3.05, 3.63) is 58.4 Å². The number of ether oxygens (including phenoxy) is 2. The first-order valence-corrected chi connectivity index (χ1v) is 8.72. The molecule has 0 spiro atoms. The maximum atomic E-state index is 12.3. The molecule has 7 nitrogen and oxygen atoms in total. The summed E-state index contributed by atoms with van der Waals surface area (Å²) in [5.41, 5.74) is 2.35. The van der Waals surface area contributed by atoms with Gasteiger partial charge in [-0.05, 0) is 38.8 Å². The van der Waals surface area contributed by atoms with E-state index in [0.717, 1.165) is 5.56 Å². The van der Waals surface area contributed by atoms with Gasteiger partial charge in [-0.3, -0.25) is 4.79 Å². The molecule has 0 saturated heterocycles. The fourth-order valence-corrected chi connectivity index (χ4v) is 2.78. The number of aryl methyl sites for hydroxylation is 1. The third-order valence-corrected chi connectivity index (χ3v) is 4.13. The Morgan fingerprint density at radius 1 is 1.07 bits per heavy atom. The van der Waals surface area contributed by atoms with E-state index in [-0.39, 0.29) is 18.3 Å². The van der Waals surface area contributed by atoms with Gasteiger partial charge in [-0.25, -0.2) is 9.59 Å². The summed E-state index contributed by atoms with van der Waals surface area (Å²) in [7, 11) is 0. The molecule has 2 rings (SSSR count). The molecule has 2 N–H and O–H groups in total. The maximum Gasteiger partial charge on any atom is 0.355 e. The van der Waals surface area contributed by atoms with Crippen LogP contribution in [0.3, 0.4) is 0 Å². The molecule has 2 aromatic rings. The van der Waals surface area contributed by atoms with Crippen molar-refractivity contribution < 1.29 is 23.9 Å². The second kappa shape index (κ2) is 9.02. The number of aromatic amines is 1. The van der Waals surface area contributed by atoms with Gasteiger partial charge in [-0.1, -0.05) is 30.3 Å². The molecule has 0 unspecified atom stereocenters. The van der Waals surface area contributed by atoms with E-state index in [9.17, 15) is 14.4 Å².